The molecule has 5 nitrogen and oxygen atoms in total. The molecular weight excluding hydrogens is 472 g/mol. The van der Waals surface area contributed by atoms with Gasteiger partial charge in [0, 0.05) is 10.6 Å². The molecule has 0 aromatic heterocycles. The van der Waals surface area contributed by atoms with Crippen molar-refractivity contribution in [3.8, 4) is 5.75 Å². The minimum Gasteiger partial charge on any atom is -0.423 e. The number of amides is 2. The fourth-order valence-corrected chi connectivity index (χ4v) is 4.07. The Kier molecular flexibility index (Phi) is 6.57. The SMILES string of the molecule is O=C(Oc1ccc(/C=C2\SC(=O)N(Cc3c(F)cccc3Cl)C2=O)cc1)c1ccc(F)cc1. The summed E-state index contributed by atoms with van der Waals surface area (Å²) in [6, 6.07) is 15.3. The number of carbonyl (C=O) groups excluding carboxylic acids is 3. The second-order valence-corrected chi connectivity index (χ2v) is 8.33. The van der Waals surface area contributed by atoms with E-state index in [0.29, 0.717) is 5.56 Å². The maximum atomic E-state index is 14.0. The first kappa shape index (κ1) is 22.7. The third-order valence-electron chi connectivity index (χ3n) is 4.72. The first-order valence-electron chi connectivity index (χ1n) is 9.58. The molecule has 0 spiro atoms. The minimum atomic E-state index is -0.643. The number of nitrogens with zero attached hydrogens (tertiary/aromatic N) is 1. The lowest BCUT2D eigenvalue weighted by molar-refractivity contribution is -0.123. The van der Waals surface area contributed by atoms with Crippen LogP contribution in [0, 0.1) is 11.6 Å². The zero-order valence-corrected chi connectivity index (χ0v) is 18.3. The highest BCUT2D eigenvalue weighted by atomic mass is 35.5. The molecule has 1 fully saturated rings. The third-order valence-corrected chi connectivity index (χ3v) is 5.98. The van der Waals surface area contributed by atoms with Crippen molar-refractivity contribution in [3.63, 3.8) is 0 Å². The highest BCUT2D eigenvalue weighted by Gasteiger charge is 2.35. The van der Waals surface area contributed by atoms with E-state index in [0.717, 1.165) is 28.8 Å². The van der Waals surface area contributed by atoms with Gasteiger partial charge in [-0.3, -0.25) is 14.5 Å². The molecule has 0 saturated carbocycles. The summed E-state index contributed by atoms with van der Waals surface area (Å²) in [4.78, 5) is 38.2. The van der Waals surface area contributed by atoms with Gasteiger partial charge >= 0.3 is 5.97 Å². The maximum Gasteiger partial charge on any atom is 0.343 e. The van der Waals surface area contributed by atoms with Gasteiger partial charge < -0.3 is 4.74 Å². The number of rotatable bonds is 5. The summed E-state index contributed by atoms with van der Waals surface area (Å²) in [6.45, 7) is -0.272. The van der Waals surface area contributed by atoms with Gasteiger partial charge in [-0.15, -0.1) is 0 Å². The van der Waals surface area contributed by atoms with Crippen LogP contribution < -0.4 is 4.74 Å². The Hall–Kier alpha value is -3.49. The van der Waals surface area contributed by atoms with E-state index >= 15 is 0 Å². The van der Waals surface area contributed by atoms with Crippen LogP contribution in [0.4, 0.5) is 13.6 Å². The van der Waals surface area contributed by atoms with Crippen LogP contribution in [0.1, 0.15) is 21.5 Å². The van der Waals surface area contributed by atoms with E-state index in [9.17, 15) is 23.2 Å². The molecule has 0 atom stereocenters. The van der Waals surface area contributed by atoms with E-state index in [1.807, 2.05) is 0 Å². The van der Waals surface area contributed by atoms with Crippen molar-refractivity contribution in [1.82, 2.24) is 4.90 Å². The van der Waals surface area contributed by atoms with E-state index in [1.54, 1.807) is 12.1 Å². The van der Waals surface area contributed by atoms with Crippen LogP contribution in [0.2, 0.25) is 5.02 Å². The molecule has 3 aromatic carbocycles. The van der Waals surface area contributed by atoms with Crippen LogP contribution in [0.15, 0.2) is 71.6 Å². The molecule has 0 unspecified atom stereocenters. The molecule has 166 valence electrons. The molecule has 33 heavy (non-hydrogen) atoms. The second kappa shape index (κ2) is 9.56. The van der Waals surface area contributed by atoms with Gasteiger partial charge in [-0.2, -0.15) is 0 Å². The van der Waals surface area contributed by atoms with Crippen LogP contribution in [-0.4, -0.2) is 22.0 Å². The Bertz CT molecular complexity index is 1260. The average Bonchev–Trinajstić information content (AvgIpc) is 3.05. The standard InChI is InChI=1S/C24H14ClF2NO4S/c25-19-2-1-3-20(27)18(19)13-28-22(29)21(33-24(28)31)12-14-4-10-17(11-5-14)32-23(30)15-6-8-16(26)9-7-15/h1-12H,13H2/b21-12-. The van der Waals surface area contributed by atoms with Gasteiger partial charge in [0.2, 0.25) is 0 Å². The quantitative estimate of drug-likeness (QED) is 0.249. The smallest absolute Gasteiger partial charge is 0.343 e. The number of carbonyl (C=O) groups is 3. The summed E-state index contributed by atoms with van der Waals surface area (Å²) in [5.74, 6) is -2.01. The molecule has 2 amide bonds. The predicted molar refractivity (Wildman–Crippen MR) is 121 cm³/mol. The Morgan fingerprint density at radius 2 is 1.70 bits per heavy atom. The van der Waals surface area contributed by atoms with Crippen LogP contribution in [0.3, 0.4) is 0 Å². The van der Waals surface area contributed by atoms with Gasteiger partial charge in [0.1, 0.15) is 17.4 Å². The highest BCUT2D eigenvalue weighted by molar-refractivity contribution is 8.18. The summed E-state index contributed by atoms with van der Waals surface area (Å²) in [6.07, 6.45) is 1.51. The van der Waals surface area contributed by atoms with Crippen LogP contribution in [-0.2, 0) is 11.3 Å². The van der Waals surface area contributed by atoms with Gasteiger partial charge in [0.05, 0.1) is 17.0 Å². The molecule has 9 heteroatoms. The largest absolute Gasteiger partial charge is 0.423 e. The Balaban J connectivity index is 1.45. The van der Waals surface area contributed by atoms with Crippen molar-refractivity contribution < 1.29 is 27.9 Å². The van der Waals surface area contributed by atoms with Crippen molar-refractivity contribution in [1.29, 1.82) is 0 Å². The number of hydrogen-bond donors (Lipinski definition) is 0. The molecule has 3 aromatic rings. The van der Waals surface area contributed by atoms with Gasteiger partial charge in [-0.1, -0.05) is 29.8 Å². The van der Waals surface area contributed by atoms with Crippen LogP contribution in [0.25, 0.3) is 6.08 Å². The molecule has 0 radical (unpaired) electrons. The van der Waals surface area contributed by atoms with E-state index in [2.05, 4.69) is 0 Å². The molecule has 4 rings (SSSR count). The molecule has 0 bridgehead atoms. The van der Waals surface area contributed by atoms with Crippen LogP contribution >= 0.6 is 23.4 Å². The van der Waals surface area contributed by atoms with Gasteiger partial charge in [0.25, 0.3) is 11.1 Å². The first-order valence-corrected chi connectivity index (χ1v) is 10.8. The zero-order chi connectivity index (χ0) is 23.5. The van der Waals surface area contributed by atoms with Gasteiger partial charge in [0.15, 0.2) is 0 Å². The first-order chi connectivity index (χ1) is 15.8. The Morgan fingerprint density at radius 1 is 1.00 bits per heavy atom. The maximum absolute atomic E-state index is 14.0. The number of ether oxygens (including phenoxy) is 1. The number of hydrogen-bond acceptors (Lipinski definition) is 5. The molecule has 0 N–H and O–H groups in total. The summed E-state index contributed by atoms with van der Waals surface area (Å²) in [7, 11) is 0. The fraction of sp³-hybridized carbons (Fsp3) is 0.0417. The zero-order valence-electron chi connectivity index (χ0n) is 16.8. The summed E-state index contributed by atoms with van der Waals surface area (Å²) in [5, 5.41) is -0.403. The Morgan fingerprint density at radius 3 is 2.36 bits per heavy atom. The summed E-state index contributed by atoms with van der Waals surface area (Å²) in [5.41, 5.74) is 0.852. The lowest BCUT2D eigenvalue weighted by Gasteiger charge is -2.14. The third kappa shape index (κ3) is 5.13. The van der Waals surface area contributed by atoms with Gasteiger partial charge in [-0.25, -0.2) is 13.6 Å². The molecule has 1 heterocycles. The molecule has 1 aliphatic heterocycles. The highest BCUT2D eigenvalue weighted by Crippen LogP contribution is 2.34. The number of imide groups is 1. The van der Waals surface area contributed by atoms with E-state index < -0.39 is 28.8 Å². The monoisotopic (exact) mass is 485 g/mol. The number of esters is 1. The summed E-state index contributed by atoms with van der Waals surface area (Å²) < 4.78 is 32.3. The number of thioether (sulfide) groups is 1. The lowest BCUT2D eigenvalue weighted by atomic mass is 10.2. The predicted octanol–water partition coefficient (Wildman–Crippen LogP) is 6.07. The second-order valence-electron chi connectivity index (χ2n) is 6.93. The molecule has 0 aliphatic carbocycles. The minimum absolute atomic E-state index is 0.0649. The van der Waals surface area contributed by atoms with Crippen molar-refractivity contribution in [3.05, 3.63) is 105 Å². The fourth-order valence-electron chi connectivity index (χ4n) is 3.01. The van der Waals surface area contributed by atoms with Gasteiger partial charge in [-0.05, 0) is 71.9 Å². The van der Waals surface area contributed by atoms with Crippen molar-refractivity contribution in [2.24, 2.45) is 0 Å². The summed E-state index contributed by atoms with van der Waals surface area (Å²) >= 11 is 6.74. The molecule has 1 aliphatic rings. The molecule has 1 saturated heterocycles. The average molecular weight is 486 g/mol. The Labute approximate surface area is 196 Å². The molecular formula is C24H14ClF2NO4S. The normalized spacial score (nSPS) is 14.8. The van der Waals surface area contributed by atoms with E-state index in [-0.39, 0.29) is 33.3 Å². The lowest BCUT2D eigenvalue weighted by Crippen LogP contribution is -2.28. The van der Waals surface area contributed by atoms with Crippen molar-refractivity contribution >= 4 is 46.6 Å². The number of halogens is 3. The topological polar surface area (TPSA) is 63.7 Å². The van der Waals surface area contributed by atoms with E-state index in [4.69, 9.17) is 16.3 Å². The van der Waals surface area contributed by atoms with Crippen molar-refractivity contribution in [2.75, 3.05) is 0 Å². The van der Waals surface area contributed by atoms with E-state index in [1.165, 1.54) is 48.5 Å². The van der Waals surface area contributed by atoms with Crippen molar-refractivity contribution in [2.45, 2.75) is 6.54 Å². The number of benzene rings is 3. The van der Waals surface area contributed by atoms with Crippen LogP contribution in [0.5, 0.6) is 5.75 Å².